The number of amides is 1. The molecule has 0 spiro atoms. The Hall–Kier alpha value is -0.930. The number of piperazine rings is 1. The normalized spacial score (nSPS) is 22.6. The highest BCUT2D eigenvalue weighted by Gasteiger charge is 2.37. The quantitative estimate of drug-likeness (QED) is 0.817. The van der Waals surface area contributed by atoms with Gasteiger partial charge in [0.15, 0.2) is 0 Å². The number of hydrogen-bond donors (Lipinski definition) is 1. The number of halogens is 3. The number of hydrogen-bond acceptors (Lipinski definition) is 4. The van der Waals surface area contributed by atoms with E-state index >= 15 is 0 Å². The van der Waals surface area contributed by atoms with E-state index in [0.29, 0.717) is 26.1 Å². The summed E-state index contributed by atoms with van der Waals surface area (Å²) in [7, 11) is -4.04. The van der Waals surface area contributed by atoms with E-state index in [1.165, 1.54) is 16.4 Å². The first-order valence-electron chi connectivity index (χ1n) is 7.85. The zero-order valence-electron chi connectivity index (χ0n) is 13.5. The van der Waals surface area contributed by atoms with Crippen molar-refractivity contribution in [2.75, 3.05) is 32.7 Å². The Morgan fingerprint density at radius 3 is 2.72 bits per heavy atom. The van der Waals surface area contributed by atoms with Gasteiger partial charge in [-0.25, -0.2) is 12.8 Å². The van der Waals surface area contributed by atoms with Crippen LogP contribution in [0.15, 0.2) is 23.1 Å². The SMILES string of the molecule is Cl.O=C1CNCCN1C1CCCN(S(=O)(=O)c2c(F)cccc2Cl)C1. The maximum atomic E-state index is 14.1. The fourth-order valence-electron chi connectivity index (χ4n) is 3.26. The minimum Gasteiger partial charge on any atom is -0.336 e. The van der Waals surface area contributed by atoms with Gasteiger partial charge in [-0.3, -0.25) is 4.79 Å². The summed E-state index contributed by atoms with van der Waals surface area (Å²) in [6, 6.07) is 3.63. The molecule has 1 aromatic rings. The summed E-state index contributed by atoms with van der Waals surface area (Å²) in [6.07, 6.45) is 1.36. The number of carbonyl (C=O) groups is 1. The molecule has 3 rings (SSSR count). The number of piperidine rings is 1. The lowest BCUT2D eigenvalue weighted by Gasteiger charge is -2.40. The lowest BCUT2D eigenvalue weighted by atomic mass is 10.1. The van der Waals surface area contributed by atoms with Crippen molar-refractivity contribution in [1.82, 2.24) is 14.5 Å². The van der Waals surface area contributed by atoms with Crippen molar-refractivity contribution in [3.63, 3.8) is 0 Å². The van der Waals surface area contributed by atoms with Gasteiger partial charge in [0.1, 0.15) is 10.7 Å². The summed E-state index contributed by atoms with van der Waals surface area (Å²) < 4.78 is 40.9. The van der Waals surface area contributed by atoms with Crippen LogP contribution in [0.5, 0.6) is 0 Å². The van der Waals surface area contributed by atoms with Crippen LogP contribution in [-0.4, -0.2) is 62.3 Å². The van der Waals surface area contributed by atoms with Crippen molar-refractivity contribution in [1.29, 1.82) is 0 Å². The highest BCUT2D eigenvalue weighted by molar-refractivity contribution is 7.89. The predicted octanol–water partition coefficient (Wildman–Crippen LogP) is 1.49. The molecule has 0 aliphatic carbocycles. The van der Waals surface area contributed by atoms with Crippen molar-refractivity contribution in [2.24, 2.45) is 0 Å². The molecule has 0 saturated carbocycles. The van der Waals surface area contributed by atoms with Crippen LogP contribution in [-0.2, 0) is 14.8 Å². The first kappa shape index (κ1) is 20.4. The van der Waals surface area contributed by atoms with Crippen LogP contribution < -0.4 is 5.32 Å². The summed E-state index contributed by atoms with van der Waals surface area (Å²) in [5.74, 6) is -0.891. The molecule has 1 N–H and O–H groups in total. The molecule has 0 radical (unpaired) electrons. The number of rotatable bonds is 3. The third-order valence-electron chi connectivity index (χ3n) is 4.44. The van der Waals surface area contributed by atoms with E-state index in [0.717, 1.165) is 12.5 Å². The van der Waals surface area contributed by atoms with Crippen molar-refractivity contribution in [2.45, 2.75) is 23.8 Å². The third-order valence-corrected chi connectivity index (χ3v) is 6.81. The largest absolute Gasteiger partial charge is 0.336 e. The van der Waals surface area contributed by atoms with E-state index in [-0.39, 0.29) is 42.5 Å². The predicted molar refractivity (Wildman–Crippen MR) is 95.0 cm³/mol. The molecule has 0 aromatic heterocycles. The average molecular weight is 412 g/mol. The van der Waals surface area contributed by atoms with Crippen LogP contribution >= 0.6 is 24.0 Å². The lowest BCUT2D eigenvalue weighted by Crippen LogP contribution is -2.57. The van der Waals surface area contributed by atoms with Crippen LogP contribution in [0.1, 0.15) is 12.8 Å². The van der Waals surface area contributed by atoms with Crippen LogP contribution in [0.2, 0.25) is 5.02 Å². The lowest BCUT2D eigenvalue weighted by molar-refractivity contribution is -0.135. The van der Waals surface area contributed by atoms with Crippen molar-refractivity contribution >= 4 is 39.9 Å². The second-order valence-corrected chi connectivity index (χ2v) is 8.26. The fraction of sp³-hybridized carbons (Fsp3) is 0.533. The van der Waals surface area contributed by atoms with E-state index < -0.39 is 20.7 Å². The van der Waals surface area contributed by atoms with Gasteiger partial charge in [-0.05, 0) is 25.0 Å². The second kappa shape index (κ2) is 8.18. The molecule has 1 unspecified atom stereocenters. The van der Waals surface area contributed by atoms with Gasteiger partial charge in [-0.1, -0.05) is 17.7 Å². The van der Waals surface area contributed by atoms with Crippen LogP contribution in [0.4, 0.5) is 4.39 Å². The Kier molecular flexibility index (Phi) is 6.67. The zero-order chi connectivity index (χ0) is 17.3. The number of nitrogens with zero attached hydrogens (tertiary/aromatic N) is 2. The van der Waals surface area contributed by atoms with Gasteiger partial charge in [0.05, 0.1) is 11.6 Å². The van der Waals surface area contributed by atoms with Gasteiger partial charge in [0.25, 0.3) is 0 Å². The summed E-state index contributed by atoms with van der Waals surface area (Å²) in [6.45, 7) is 1.97. The molecule has 1 atom stereocenters. The van der Waals surface area contributed by atoms with E-state index in [2.05, 4.69) is 5.32 Å². The molecule has 140 valence electrons. The number of benzene rings is 1. The van der Waals surface area contributed by atoms with Crippen molar-refractivity contribution in [3.8, 4) is 0 Å². The van der Waals surface area contributed by atoms with Crippen LogP contribution in [0.25, 0.3) is 0 Å². The smallest absolute Gasteiger partial charge is 0.247 e. The van der Waals surface area contributed by atoms with Gasteiger partial charge >= 0.3 is 0 Å². The molecular weight excluding hydrogens is 392 g/mol. The number of carbonyl (C=O) groups excluding carboxylic acids is 1. The monoisotopic (exact) mass is 411 g/mol. The summed E-state index contributed by atoms with van der Waals surface area (Å²) in [4.78, 5) is 13.3. The minimum absolute atomic E-state index is 0. The second-order valence-electron chi connectivity index (χ2n) is 5.97. The maximum Gasteiger partial charge on any atom is 0.247 e. The Balaban J connectivity index is 0.00000225. The first-order chi connectivity index (χ1) is 11.4. The molecule has 1 amide bonds. The van der Waals surface area contributed by atoms with Crippen LogP contribution in [0, 0.1) is 5.82 Å². The standard InChI is InChI=1S/C15H19ClFN3O3S.ClH/c16-12-4-1-5-13(17)15(12)24(22,23)19-7-2-3-11(10-19)20-8-6-18-9-14(20)21;/h1,4-5,11,18H,2-3,6-10H2;1H. The highest BCUT2D eigenvalue weighted by Crippen LogP contribution is 2.30. The van der Waals surface area contributed by atoms with Crippen molar-refractivity contribution in [3.05, 3.63) is 29.0 Å². The molecule has 2 aliphatic rings. The Morgan fingerprint density at radius 1 is 1.28 bits per heavy atom. The number of nitrogens with one attached hydrogen (secondary N) is 1. The van der Waals surface area contributed by atoms with Gasteiger partial charge < -0.3 is 10.2 Å². The molecule has 2 heterocycles. The van der Waals surface area contributed by atoms with E-state index in [4.69, 9.17) is 11.6 Å². The van der Waals surface area contributed by atoms with E-state index in [9.17, 15) is 17.6 Å². The van der Waals surface area contributed by atoms with E-state index in [1.807, 2.05) is 0 Å². The Morgan fingerprint density at radius 2 is 2.04 bits per heavy atom. The van der Waals surface area contributed by atoms with Gasteiger partial charge in [-0.2, -0.15) is 4.31 Å². The summed E-state index contributed by atoms with van der Waals surface area (Å²) in [5, 5.41) is 2.87. The maximum absolute atomic E-state index is 14.1. The van der Waals surface area contributed by atoms with E-state index in [1.54, 1.807) is 4.90 Å². The molecule has 2 saturated heterocycles. The first-order valence-corrected chi connectivity index (χ1v) is 9.67. The molecule has 0 bridgehead atoms. The Labute approximate surface area is 157 Å². The fourth-order valence-corrected chi connectivity index (χ4v) is 5.34. The molecule has 2 fully saturated rings. The molecule has 1 aromatic carbocycles. The van der Waals surface area contributed by atoms with Crippen LogP contribution in [0.3, 0.4) is 0 Å². The molecular formula is C15H20Cl2FN3O3S. The highest BCUT2D eigenvalue weighted by atomic mass is 35.5. The zero-order valence-corrected chi connectivity index (χ0v) is 15.8. The summed E-state index contributed by atoms with van der Waals surface area (Å²) >= 11 is 5.92. The molecule has 2 aliphatic heterocycles. The molecule has 10 heteroatoms. The molecule has 6 nitrogen and oxygen atoms in total. The average Bonchev–Trinajstić information content (AvgIpc) is 2.55. The van der Waals surface area contributed by atoms with Gasteiger partial charge in [0, 0.05) is 32.2 Å². The van der Waals surface area contributed by atoms with Gasteiger partial charge in [-0.15, -0.1) is 12.4 Å². The van der Waals surface area contributed by atoms with Gasteiger partial charge in [0.2, 0.25) is 15.9 Å². The van der Waals surface area contributed by atoms with Crippen molar-refractivity contribution < 1.29 is 17.6 Å². The summed E-state index contributed by atoms with van der Waals surface area (Å²) in [5.41, 5.74) is 0. The third kappa shape index (κ3) is 4.09. The number of sulfonamides is 1. The minimum atomic E-state index is -4.04. The molecule has 25 heavy (non-hydrogen) atoms. The Bertz CT molecular complexity index is 727. The topological polar surface area (TPSA) is 69.7 Å².